The molecular formula is C16H13N3O. The van der Waals surface area contributed by atoms with Crippen LogP contribution in [0.1, 0.15) is 23.2 Å². The maximum Gasteiger partial charge on any atom is 0.167 e. The molecule has 4 rings (SSSR count). The van der Waals surface area contributed by atoms with Crippen molar-refractivity contribution in [1.29, 1.82) is 0 Å². The van der Waals surface area contributed by atoms with Crippen LogP contribution in [-0.2, 0) is 0 Å². The highest BCUT2D eigenvalue weighted by molar-refractivity contribution is 6.01. The van der Waals surface area contributed by atoms with E-state index in [1.165, 1.54) is 0 Å². The van der Waals surface area contributed by atoms with Crippen LogP contribution in [0, 0.1) is 5.92 Å². The lowest BCUT2D eigenvalue weighted by Gasteiger charge is -2.04. The van der Waals surface area contributed by atoms with Gasteiger partial charge < -0.3 is 0 Å². The zero-order valence-corrected chi connectivity index (χ0v) is 10.8. The number of aromatic amines is 1. The second-order valence-electron chi connectivity index (χ2n) is 5.26. The van der Waals surface area contributed by atoms with Gasteiger partial charge >= 0.3 is 0 Å². The summed E-state index contributed by atoms with van der Waals surface area (Å²) in [4.78, 5) is 16.5. The second-order valence-corrected chi connectivity index (χ2v) is 5.26. The van der Waals surface area contributed by atoms with Gasteiger partial charge in [0.2, 0.25) is 0 Å². The quantitative estimate of drug-likeness (QED) is 0.738. The van der Waals surface area contributed by atoms with Gasteiger partial charge in [-0.3, -0.25) is 14.9 Å². The van der Waals surface area contributed by atoms with Crippen molar-refractivity contribution in [3.05, 3.63) is 48.4 Å². The van der Waals surface area contributed by atoms with E-state index >= 15 is 0 Å². The fourth-order valence-electron chi connectivity index (χ4n) is 2.44. The van der Waals surface area contributed by atoms with Crippen LogP contribution in [0.2, 0.25) is 0 Å². The summed E-state index contributed by atoms with van der Waals surface area (Å²) in [6.07, 6.45) is 7.37. The summed E-state index contributed by atoms with van der Waals surface area (Å²) in [6.45, 7) is 0. The van der Waals surface area contributed by atoms with Gasteiger partial charge in [0, 0.05) is 34.8 Å². The molecule has 1 saturated carbocycles. The Morgan fingerprint density at radius 2 is 2.05 bits per heavy atom. The van der Waals surface area contributed by atoms with Crippen LogP contribution in [-0.4, -0.2) is 21.0 Å². The molecule has 0 amide bonds. The Hall–Kier alpha value is -2.49. The van der Waals surface area contributed by atoms with Gasteiger partial charge in [-0.15, -0.1) is 0 Å². The van der Waals surface area contributed by atoms with Crippen molar-refractivity contribution in [2.75, 3.05) is 0 Å². The summed E-state index contributed by atoms with van der Waals surface area (Å²) in [5.41, 5.74) is 3.74. The Balaban J connectivity index is 1.81. The number of carbonyl (C=O) groups is 1. The van der Waals surface area contributed by atoms with Crippen LogP contribution in [0.25, 0.3) is 22.0 Å². The van der Waals surface area contributed by atoms with E-state index in [0.29, 0.717) is 0 Å². The summed E-state index contributed by atoms with van der Waals surface area (Å²) in [5.74, 6) is 0.458. The lowest BCUT2D eigenvalue weighted by molar-refractivity contribution is 0.0967. The fourth-order valence-corrected chi connectivity index (χ4v) is 2.44. The van der Waals surface area contributed by atoms with Crippen molar-refractivity contribution in [3.63, 3.8) is 0 Å². The number of aromatic nitrogens is 3. The van der Waals surface area contributed by atoms with Crippen LogP contribution in [0.5, 0.6) is 0 Å². The zero-order valence-electron chi connectivity index (χ0n) is 10.8. The highest BCUT2D eigenvalue weighted by Gasteiger charge is 2.30. The summed E-state index contributed by atoms with van der Waals surface area (Å²) >= 11 is 0. The first-order valence-corrected chi connectivity index (χ1v) is 6.74. The first-order chi connectivity index (χ1) is 9.81. The van der Waals surface area contributed by atoms with Crippen molar-refractivity contribution in [1.82, 2.24) is 15.2 Å². The van der Waals surface area contributed by atoms with Gasteiger partial charge in [-0.1, -0.05) is 6.07 Å². The Kier molecular flexibility index (Phi) is 2.42. The lowest BCUT2D eigenvalue weighted by atomic mass is 10.0. The van der Waals surface area contributed by atoms with Gasteiger partial charge in [0.05, 0.1) is 11.7 Å². The lowest BCUT2D eigenvalue weighted by Crippen LogP contribution is -2.01. The molecule has 4 nitrogen and oxygen atoms in total. The molecule has 20 heavy (non-hydrogen) atoms. The minimum atomic E-state index is 0.228. The number of Topliss-reactive ketones (excluding diaryl/α,β-unsaturated/α-hetero) is 1. The van der Waals surface area contributed by atoms with Gasteiger partial charge in [-0.25, -0.2) is 0 Å². The number of fused-ring (bicyclic) bond motifs is 1. The van der Waals surface area contributed by atoms with E-state index in [4.69, 9.17) is 0 Å². The number of pyridine rings is 1. The largest absolute Gasteiger partial charge is 0.294 e. The molecule has 0 atom stereocenters. The summed E-state index contributed by atoms with van der Waals surface area (Å²) in [5, 5.41) is 7.77. The van der Waals surface area contributed by atoms with Gasteiger partial charge in [-0.05, 0) is 36.6 Å². The molecule has 3 aromatic rings. The van der Waals surface area contributed by atoms with Gasteiger partial charge in [0.25, 0.3) is 0 Å². The number of hydrogen-bond acceptors (Lipinski definition) is 3. The topological polar surface area (TPSA) is 58.6 Å². The molecule has 2 heterocycles. The van der Waals surface area contributed by atoms with E-state index in [1.54, 1.807) is 12.4 Å². The van der Waals surface area contributed by atoms with E-state index < -0.39 is 0 Å². The third-order valence-electron chi connectivity index (χ3n) is 3.75. The summed E-state index contributed by atoms with van der Waals surface area (Å²) in [7, 11) is 0. The number of nitrogens with one attached hydrogen (secondary N) is 1. The number of rotatable bonds is 3. The third kappa shape index (κ3) is 1.90. The van der Waals surface area contributed by atoms with Crippen LogP contribution in [0.15, 0.2) is 42.9 Å². The molecule has 4 heteroatoms. The standard InChI is InChI=1S/C16H13N3O/c20-16(10-1-2-10)13-6-12-5-11(14-8-18-19-9-14)3-4-15(12)17-7-13/h3-10H,1-2H2,(H,18,19). The molecule has 0 saturated heterocycles. The maximum atomic E-state index is 12.1. The predicted molar refractivity (Wildman–Crippen MR) is 76.4 cm³/mol. The van der Waals surface area contributed by atoms with Crippen molar-refractivity contribution >= 4 is 16.7 Å². The Labute approximate surface area is 115 Å². The van der Waals surface area contributed by atoms with Crippen LogP contribution in [0.4, 0.5) is 0 Å². The molecule has 0 unspecified atom stereocenters. The number of benzene rings is 1. The molecule has 0 aliphatic heterocycles. The number of ketones is 1. The number of H-pyrrole nitrogens is 1. The number of hydrogen-bond donors (Lipinski definition) is 1. The smallest absolute Gasteiger partial charge is 0.167 e. The Bertz CT molecular complexity index is 789. The molecule has 0 radical (unpaired) electrons. The van der Waals surface area contributed by atoms with Crippen molar-refractivity contribution in [2.24, 2.45) is 5.92 Å². The normalized spacial score (nSPS) is 14.6. The minimum absolute atomic E-state index is 0.228. The van der Waals surface area contributed by atoms with Crippen molar-refractivity contribution < 1.29 is 4.79 Å². The summed E-state index contributed by atoms with van der Waals surface area (Å²) in [6, 6.07) is 8.00. The molecular weight excluding hydrogens is 250 g/mol. The van der Waals surface area contributed by atoms with Crippen LogP contribution < -0.4 is 0 Å². The van der Waals surface area contributed by atoms with E-state index in [9.17, 15) is 4.79 Å². The first kappa shape index (κ1) is 11.3. The predicted octanol–water partition coefficient (Wildman–Crippen LogP) is 3.22. The highest BCUT2D eigenvalue weighted by atomic mass is 16.1. The third-order valence-corrected chi connectivity index (χ3v) is 3.75. The van der Waals surface area contributed by atoms with Gasteiger partial charge in [-0.2, -0.15) is 5.10 Å². The Morgan fingerprint density at radius 1 is 1.15 bits per heavy atom. The first-order valence-electron chi connectivity index (χ1n) is 6.74. The van der Waals surface area contributed by atoms with Crippen LogP contribution in [0.3, 0.4) is 0 Å². The average Bonchev–Trinajstić information content (AvgIpc) is 3.20. The maximum absolute atomic E-state index is 12.1. The van der Waals surface area contributed by atoms with Crippen LogP contribution >= 0.6 is 0 Å². The second kappa shape index (κ2) is 4.27. The van der Waals surface area contributed by atoms with E-state index in [1.807, 2.05) is 24.4 Å². The van der Waals surface area contributed by atoms with E-state index in [2.05, 4.69) is 21.2 Å². The number of nitrogens with zero attached hydrogens (tertiary/aromatic N) is 2. The minimum Gasteiger partial charge on any atom is -0.294 e. The van der Waals surface area contributed by atoms with Crippen molar-refractivity contribution in [3.8, 4) is 11.1 Å². The monoisotopic (exact) mass is 263 g/mol. The molecule has 98 valence electrons. The zero-order chi connectivity index (χ0) is 13.5. The van der Waals surface area contributed by atoms with E-state index in [-0.39, 0.29) is 11.7 Å². The molecule has 1 aromatic carbocycles. The highest BCUT2D eigenvalue weighted by Crippen LogP contribution is 2.33. The molecule has 1 fully saturated rings. The van der Waals surface area contributed by atoms with E-state index in [0.717, 1.165) is 40.4 Å². The van der Waals surface area contributed by atoms with Gasteiger partial charge in [0.1, 0.15) is 0 Å². The summed E-state index contributed by atoms with van der Waals surface area (Å²) < 4.78 is 0. The Morgan fingerprint density at radius 3 is 2.80 bits per heavy atom. The molecule has 2 aromatic heterocycles. The SMILES string of the molecule is O=C(c1cnc2ccc(-c3cn[nH]c3)cc2c1)C1CC1. The average molecular weight is 263 g/mol. The number of carbonyl (C=O) groups excluding carboxylic acids is 1. The molecule has 0 spiro atoms. The van der Waals surface area contributed by atoms with Crippen molar-refractivity contribution in [2.45, 2.75) is 12.8 Å². The molecule has 1 aliphatic carbocycles. The fraction of sp³-hybridized carbons (Fsp3) is 0.188. The molecule has 1 N–H and O–H groups in total. The molecule has 0 bridgehead atoms. The molecule has 1 aliphatic rings. The van der Waals surface area contributed by atoms with Gasteiger partial charge in [0.15, 0.2) is 5.78 Å².